The van der Waals surface area contributed by atoms with Crippen LogP contribution in [0.2, 0.25) is 0 Å². The van der Waals surface area contributed by atoms with E-state index in [1.807, 2.05) is 18.2 Å². The van der Waals surface area contributed by atoms with Gasteiger partial charge in [0.2, 0.25) is 0 Å². The molecule has 0 aliphatic rings. The Bertz CT molecular complexity index is 282. The van der Waals surface area contributed by atoms with Gasteiger partial charge in [-0.25, -0.2) is 0 Å². The van der Waals surface area contributed by atoms with Gasteiger partial charge in [-0.05, 0) is 6.07 Å². The molecule has 9 heavy (non-hydrogen) atoms. The fourth-order valence-electron chi connectivity index (χ4n) is 0.728. The standard InChI is InChI=1S/C6H4N3/c1-2-4-6-5(3-1)7-9-8-6/h1-3H,(H,7,8,9). The molecule has 0 aliphatic carbocycles. The summed E-state index contributed by atoms with van der Waals surface area (Å²) in [4.78, 5) is 0. The third-order valence-electron chi connectivity index (χ3n) is 1.15. The zero-order chi connectivity index (χ0) is 6.10. The van der Waals surface area contributed by atoms with Crippen molar-refractivity contribution < 1.29 is 0 Å². The third kappa shape index (κ3) is 0.579. The molecule has 2 aromatic rings. The number of nitrogens with one attached hydrogen (secondary N) is 1. The first kappa shape index (κ1) is 4.49. The first-order valence-electron chi connectivity index (χ1n) is 2.64. The van der Waals surface area contributed by atoms with Crippen LogP contribution in [0.5, 0.6) is 0 Å². The summed E-state index contributed by atoms with van der Waals surface area (Å²) in [7, 11) is 0. The maximum atomic E-state index is 3.85. The molecule has 1 aromatic carbocycles. The second-order valence-electron chi connectivity index (χ2n) is 1.73. The first-order chi connectivity index (χ1) is 4.47. The summed E-state index contributed by atoms with van der Waals surface area (Å²) in [5, 5.41) is 10.2. The smallest absolute Gasteiger partial charge is 0.120 e. The molecule has 0 fully saturated rings. The number of benzene rings is 1. The Morgan fingerprint density at radius 3 is 3.33 bits per heavy atom. The van der Waals surface area contributed by atoms with Crippen molar-refractivity contribution >= 4 is 11.0 Å². The predicted molar refractivity (Wildman–Crippen MR) is 32.7 cm³/mol. The van der Waals surface area contributed by atoms with E-state index >= 15 is 0 Å². The molecular weight excluding hydrogens is 114 g/mol. The normalized spacial score (nSPS) is 10.2. The van der Waals surface area contributed by atoms with E-state index < -0.39 is 0 Å². The Morgan fingerprint density at radius 1 is 1.44 bits per heavy atom. The molecule has 2 rings (SSSR count). The van der Waals surface area contributed by atoms with E-state index in [1.165, 1.54) is 0 Å². The molecule has 0 saturated carbocycles. The zero-order valence-corrected chi connectivity index (χ0v) is 4.63. The van der Waals surface area contributed by atoms with Crippen molar-refractivity contribution in [1.29, 1.82) is 0 Å². The maximum absolute atomic E-state index is 3.85. The summed E-state index contributed by atoms with van der Waals surface area (Å²) in [6.45, 7) is 0. The number of para-hydroxylation sites is 1. The molecule has 43 valence electrons. The summed E-state index contributed by atoms with van der Waals surface area (Å²) >= 11 is 0. The summed E-state index contributed by atoms with van der Waals surface area (Å²) in [6, 6.07) is 8.50. The molecule has 0 bridgehead atoms. The number of aromatic nitrogens is 3. The minimum atomic E-state index is 0.789. The molecule has 3 nitrogen and oxygen atoms in total. The second-order valence-corrected chi connectivity index (χ2v) is 1.73. The Hall–Kier alpha value is -1.38. The van der Waals surface area contributed by atoms with E-state index in [0.717, 1.165) is 11.0 Å². The summed E-state index contributed by atoms with van der Waals surface area (Å²) in [6.07, 6.45) is 0. The monoisotopic (exact) mass is 118 g/mol. The van der Waals surface area contributed by atoms with Gasteiger partial charge in [-0.2, -0.15) is 15.4 Å². The Morgan fingerprint density at radius 2 is 2.44 bits per heavy atom. The lowest BCUT2D eigenvalue weighted by Crippen LogP contribution is -1.64. The fraction of sp³-hybridized carbons (Fsp3) is 0. The molecule has 1 aromatic heterocycles. The van der Waals surface area contributed by atoms with Gasteiger partial charge < -0.3 is 0 Å². The first-order valence-corrected chi connectivity index (χ1v) is 2.64. The molecular formula is C6H4N3. The summed E-state index contributed by atoms with van der Waals surface area (Å²) in [5.74, 6) is 0. The van der Waals surface area contributed by atoms with Crippen molar-refractivity contribution in [2.24, 2.45) is 0 Å². The van der Waals surface area contributed by atoms with E-state index in [4.69, 9.17) is 0 Å². The van der Waals surface area contributed by atoms with E-state index in [9.17, 15) is 0 Å². The van der Waals surface area contributed by atoms with E-state index in [0.29, 0.717) is 0 Å². The molecule has 0 amide bonds. The van der Waals surface area contributed by atoms with Gasteiger partial charge in [0.25, 0.3) is 0 Å². The third-order valence-corrected chi connectivity index (χ3v) is 1.15. The lowest BCUT2D eigenvalue weighted by atomic mass is 10.3. The summed E-state index contributed by atoms with van der Waals surface area (Å²) in [5.41, 5.74) is 1.65. The lowest BCUT2D eigenvalue weighted by Gasteiger charge is -1.77. The Kier molecular flexibility index (Phi) is 0.773. The SMILES string of the molecule is [c]1cccc2n[nH]nc12. The number of H-pyrrole nitrogens is 1. The molecule has 1 N–H and O–H groups in total. The summed E-state index contributed by atoms with van der Waals surface area (Å²) < 4.78 is 0. The highest BCUT2D eigenvalue weighted by Crippen LogP contribution is 2.02. The van der Waals surface area contributed by atoms with Crippen LogP contribution in [0.3, 0.4) is 0 Å². The van der Waals surface area contributed by atoms with Crippen LogP contribution in [0.25, 0.3) is 11.0 Å². The number of nitrogens with zero attached hydrogens (tertiary/aromatic N) is 2. The maximum Gasteiger partial charge on any atom is 0.120 e. The molecule has 3 heteroatoms. The van der Waals surface area contributed by atoms with Crippen LogP contribution >= 0.6 is 0 Å². The van der Waals surface area contributed by atoms with Crippen LogP contribution in [0.1, 0.15) is 0 Å². The van der Waals surface area contributed by atoms with Gasteiger partial charge in [-0.3, -0.25) is 0 Å². The number of hydrogen-bond acceptors (Lipinski definition) is 2. The lowest BCUT2D eigenvalue weighted by molar-refractivity contribution is 0.959. The number of aromatic amines is 1. The minimum absolute atomic E-state index is 0.789. The van der Waals surface area contributed by atoms with Gasteiger partial charge in [0.1, 0.15) is 11.0 Å². The molecule has 0 saturated heterocycles. The van der Waals surface area contributed by atoms with Gasteiger partial charge in [0.05, 0.1) is 0 Å². The highest BCUT2D eigenvalue weighted by atomic mass is 15.3. The quantitative estimate of drug-likeness (QED) is 0.554. The average Bonchev–Trinajstić information content (AvgIpc) is 2.33. The molecule has 1 radical (unpaired) electrons. The van der Waals surface area contributed by atoms with Crippen LogP contribution in [-0.2, 0) is 0 Å². The van der Waals surface area contributed by atoms with Crippen molar-refractivity contribution in [1.82, 2.24) is 15.4 Å². The molecule has 0 unspecified atom stereocenters. The van der Waals surface area contributed by atoms with Gasteiger partial charge >= 0.3 is 0 Å². The zero-order valence-electron chi connectivity index (χ0n) is 4.63. The second kappa shape index (κ2) is 1.55. The van der Waals surface area contributed by atoms with E-state index in [1.54, 1.807) is 0 Å². The van der Waals surface area contributed by atoms with Gasteiger partial charge in [-0.1, -0.05) is 12.1 Å². The number of fused-ring (bicyclic) bond motifs is 1. The van der Waals surface area contributed by atoms with Gasteiger partial charge in [-0.15, -0.1) is 0 Å². The van der Waals surface area contributed by atoms with Crippen LogP contribution in [-0.4, -0.2) is 15.4 Å². The van der Waals surface area contributed by atoms with Crippen LogP contribution < -0.4 is 0 Å². The van der Waals surface area contributed by atoms with Crippen molar-refractivity contribution in [2.75, 3.05) is 0 Å². The van der Waals surface area contributed by atoms with Gasteiger partial charge in [0, 0.05) is 6.07 Å². The van der Waals surface area contributed by atoms with Crippen LogP contribution in [0.15, 0.2) is 18.2 Å². The molecule has 0 atom stereocenters. The largest absolute Gasteiger partial charge is 0.197 e. The molecule has 1 heterocycles. The van der Waals surface area contributed by atoms with Gasteiger partial charge in [0.15, 0.2) is 0 Å². The topological polar surface area (TPSA) is 41.6 Å². The minimum Gasteiger partial charge on any atom is -0.197 e. The predicted octanol–water partition coefficient (Wildman–Crippen LogP) is 0.758. The number of rotatable bonds is 0. The van der Waals surface area contributed by atoms with Crippen molar-refractivity contribution in [2.45, 2.75) is 0 Å². The Labute approximate surface area is 51.7 Å². The van der Waals surface area contributed by atoms with Crippen molar-refractivity contribution in [3.63, 3.8) is 0 Å². The van der Waals surface area contributed by atoms with Crippen LogP contribution in [0.4, 0.5) is 0 Å². The molecule has 0 spiro atoms. The fourth-order valence-corrected chi connectivity index (χ4v) is 0.728. The van der Waals surface area contributed by atoms with Crippen molar-refractivity contribution in [3.05, 3.63) is 24.3 Å². The average molecular weight is 118 g/mol. The van der Waals surface area contributed by atoms with Crippen LogP contribution in [0, 0.1) is 6.07 Å². The van der Waals surface area contributed by atoms with Crippen molar-refractivity contribution in [3.8, 4) is 0 Å². The highest BCUT2D eigenvalue weighted by Gasteiger charge is 1.91. The molecule has 0 aliphatic heterocycles. The Balaban J connectivity index is 2.95. The number of hydrogen-bond donors (Lipinski definition) is 1. The van der Waals surface area contributed by atoms with E-state index in [2.05, 4.69) is 21.5 Å². The van der Waals surface area contributed by atoms with E-state index in [-0.39, 0.29) is 0 Å². The highest BCUT2D eigenvalue weighted by molar-refractivity contribution is 5.71.